The summed E-state index contributed by atoms with van der Waals surface area (Å²) in [4.78, 5) is 31.8. The van der Waals surface area contributed by atoms with Gasteiger partial charge in [-0.2, -0.15) is 14.2 Å². The van der Waals surface area contributed by atoms with Gasteiger partial charge in [0.15, 0.2) is 5.71 Å². The highest BCUT2D eigenvalue weighted by molar-refractivity contribution is 6.22. The molecule has 116 valence electrons. The van der Waals surface area contributed by atoms with Gasteiger partial charge in [-0.3, -0.25) is 4.79 Å². The highest BCUT2D eigenvalue weighted by Gasteiger charge is 2.37. The van der Waals surface area contributed by atoms with Crippen molar-refractivity contribution in [3.63, 3.8) is 0 Å². The van der Waals surface area contributed by atoms with Crippen molar-refractivity contribution in [3.05, 3.63) is 34.8 Å². The molecule has 0 saturated heterocycles. The lowest BCUT2D eigenvalue weighted by Gasteiger charge is -2.14. The van der Waals surface area contributed by atoms with E-state index < -0.39 is 0 Å². The van der Waals surface area contributed by atoms with E-state index in [-0.39, 0.29) is 12.1 Å². The number of fused-ring (bicyclic) bond motifs is 1. The number of hydrogen-bond donors (Lipinski definition) is 0. The number of carbonyl (C=O) groups is 1. The number of nitrogens with zero attached hydrogens (tertiary/aromatic N) is 2. The third-order valence-electron chi connectivity index (χ3n) is 3.56. The number of hydrogen-bond acceptors (Lipinski definition) is 4. The zero-order chi connectivity index (χ0) is 16.9. The number of rotatable bonds is 2. The highest BCUT2D eigenvalue weighted by Crippen LogP contribution is 2.33. The summed E-state index contributed by atoms with van der Waals surface area (Å²) in [6.45, 7) is 5.65. The molecule has 6 heteroatoms. The average Bonchev–Trinajstić information content (AvgIpc) is 2.72. The molecule has 0 aromatic carbocycles. The fourth-order valence-electron chi connectivity index (χ4n) is 2.57. The predicted molar refractivity (Wildman–Crippen MR) is 80.5 cm³/mol. The molecule has 0 radical (unpaired) electrons. The fourth-order valence-corrected chi connectivity index (χ4v) is 2.57. The van der Waals surface area contributed by atoms with Crippen molar-refractivity contribution in [1.82, 2.24) is 0 Å². The van der Waals surface area contributed by atoms with Gasteiger partial charge in [-0.05, 0) is 12.5 Å². The Morgan fingerprint density at radius 1 is 1.36 bits per heavy atom. The zero-order valence-electron chi connectivity index (χ0n) is 13.4. The van der Waals surface area contributed by atoms with Crippen LogP contribution in [0.25, 0.3) is 0 Å². The topological polar surface area (TPSA) is 75.8 Å². The van der Waals surface area contributed by atoms with Crippen molar-refractivity contribution in [2.45, 2.75) is 27.2 Å². The van der Waals surface area contributed by atoms with E-state index >= 15 is 0 Å². The van der Waals surface area contributed by atoms with Crippen LogP contribution in [-0.2, 0) is 19.1 Å². The van der Waals surface area contributed by atoms with Crippen LogP contribution in [0.4, 0.5) is 0 Å². The summed E-state index contributed by atoms with van der Waals surface area (Å²) in [6.07, 6.45) is 5.03. The maximum absolute atomic E-state index is 11.4. The lowest BCUT2D eigenvalue weighted by molar-refractivity contribution is -0.435. The van der Waals surface area contributed by atoms with Crippen LogP contribution in [0.3, 0.4) is 0 Å². The number of likely N-dealkylation sites (N-methyl/N-ethyl adjacent to an activating group) is 1. The van der Waals surface area contributed by atoms with E-state index in [4.69, 9.17) is 14.3 Å². The van der Waals surface area contributed by atoms with Crippen LogP contribution in [0.1, 0.15) is 27.2 Å². The van der Waals surface area contributed by atoms with Gasteiger partial charge in [-0.1, -0.05) is 6.92 Å². The van der Waals surface area contributed by atoms with Crippen LogP contribution in [-0.4, -0.2) is 42.2 Å². The van der Waals surface area contributed by atoms with Gasteiger partial charge in [0, 0.05) is 25.5 Å². The first kappa shape index (κ1) is 17.5. The Bertz CT molecular complexity index is 685. The van der Waals surface area contributed by atoms with Gasteiger partial charge in [-0.25, -0.2) is 4.99 Å². The molecule has 1 heterocycles. The number of methoxy groups -OCH3 is 1. The molecule has 0 bridgehead atoms. The molecule has 1 aliphatic carbocycles. The van der Waals surface area contributed by atoms with Gasteiger partial charge >= 0.3 is 6.15 Å². The smallest absolute Gasteiger partial charge is 0.373 e. The van der Waals surface area contributed by atoms with Crippen LogP contribution >= 0.6 is 0 Å². The number of amides is 1. The average molecular weight is 303 g/mol. The largest absolute Gasteiger partial charge is 0.494 e. The minimum Gasteiger partial charge on any atom is -0.494 e. The SMILES string of the molecule is CCC1=C2C(=CC=C(OC)C2=NC(C)=O)[N+](C)=C1C.O=C=O. The van der Waals surface area contributed by atoms with Gasteiger partial charge in [0.2, 0.25) is 11.6 Å². The number of allylic oxidation sites excluding steroid dienone is 5. The molecule has 1 aliphatic heterocycles. The summed E-state index contributed by atoms with van der Waals surface area (Å²) in [5, 5.41) is 0. The van der Waals surface area contributed by atoms with Crippen LogP contribution in [0.2, 0.25) is 0 Å². The second-order valence-corrected chi connectivity index (χ2v) is 4.70. The number of aliphatic imine (C=N–C) groups is 1. The normalized spacial score (nSPS) is 18.1. The van der Waals surface area contributed by atoms with Crippen LogP contribution in [0.15, 0.2) is 39.7 Å². The van der Waals surface area contributed by atoms with Gasteiger partial charge in [0.25, 0.3) is 0 Å². The van der Waals surface area contributed by atoms with E-state index in [9.17, 15) is 4.79 Å². The van der Waals surface area contributed by atoms with E-state index in [0.29, 0.717) is 11.5 Å². The Morgan fingerprint density at radius 2 is 1.95 bits per heavy atom. The first-order chi connectivity index (χ1) is 10.4. The molecule has 0 N–H and O–H groups in total. The summed E-state index contributed by atoms with van der Waals surface area (Å²) in [5.74, 6) is 0.428. The molecule has 0 fully saturated rings. The summed E-state index contributed by atoms with van der Waals surface area (Å²) in [7, 11) is 3.63. The highest BCUT2D eigenvalue weighted by atomic mass is 16.5. The first-order valence-corrected chi connectivity index (χ1v) is 6.79. The third-order valence-corrected chi connectivity index (χ3v) is 3.56. The van der Waals surface area contributed by atoms with Gasteiger partial charge < -0.3 is 4.74 Å². The standard InChI is InChI=1S/C15H19N2O2.CO2/c1-6-11-9(2)17(4)12-7-8-13(19-5)15(14(11)12)16-10(3)18;2-1-3/h7-8H,6H2,1-5H3;/q+1;. The molecule has 2 rings (SSSR count). The van der Waals surface area contributed by atoms with E-state index in [1.807, 2.05) is 19.2 Å². The lowest BCUT2D eigenvalue weighted by Crippen LogP contribution is -2.18. The molecule has 0 atom stereocenters. The summed E-state index contributed by atoms with van der Waals surface area (Å²) >= 11 is 0. The summed E-state index contributed by atoms with van der Waals surface area (Å²) < 4.78 is 7.48. The number of ether oxygens (including phenoxy) is 1. The molecule has 0 spiro atoms. The van der Waals surface area contributed by atoms with Gasteiger partial charge in [-0.15, -0.1) is 0 Å². The van der Waals surface area contributed by atoms with Crippen molar-refractivity contribution in [2.24, 2.45) is 4.99 Å². The Morgan fingerprint density at radius 3 is 2.41 bits per heavy atom. The van der Waals surface area contributed by atoms with E-state index in [2.05, 4.69) is 23.4 Å². The van der Waals surface area contributed by atoms with Crippen molar-refractivity contribution in [2.75, 3.05) is 14.2 Å². The molecule has 0 unspecified atom stereocenters. The van der Waals surface area contributed by atoms with Crippen LogP contribution in [0, 0.1) is 0 Å². The summed E-state index contributed by atoms with van der Waals surface area (Å²) in [5.41, 5.74) is 5.17. The molecular formula is C16H19N2O4+. The third kappa shape index (κ3) is 3.18. The minimum absolute atomic E-state index is 0.214. The van der Waals surface area contributed by atoms with Crippen LogP contribution < -0.4 is 0 Å². The van der Waals surface area contributed by atoms with Crippen molar-refractivity contribution in [3.8, 4) is 0 Å². The Kier molecular flexibility index (Phi) is 5.90. The second kappa shape index (κ2) is 7.43. The van der Waals surface area contributed by atoms with Crippen molar-refractivity contribution < 1.29 is 23.7 Å². The van der Waals surface area contributed by atoms with Crippen molar-refractivity contribution in [1.29, 1.82) is 0 Å². The van der Waals surface area contributed by atoms with Gasteiger partial charge in [0.05, 0.1) is 12.7 Å². The maximum Gasteiger partial charge on any atom is 0.373 e. The predicted octanol–water partition coefficient (Wildman–Crippen LogP) is 1.64. The monoisotopic (exact) mass is 303 g/mol. The molecular weight excluding hydrogens is 284 g/mol. The molecule has 6 nitrogen and oxygen atoms in total. The minimum atomic E-state index is -0.214. The molecule has 0 aromatic heterocycles. The molecule has 22 heavy (non-hydrogen) atoms. The van der Waals surface area contributed by atoms with Gasteiger partial charge in [0.1, 0.15) is 18.5 Å². The fraction of sp³-hybridized carbons (Fsp3) is 0.375. The Labute approximate surface area is 129 Å². The van der Waals surface area contributed by atoms with Crippen LogP contribution in [0.5, 0.6) is 0 Å². The first-order valence-electron chi connectivity index (χ1n) is 6.79. The van der Waals surface area contributed by atoms with Crippen molar-refractivity contribution >= 4 is 23.5 Å². The molecule has 1 amide bonds. The molecule has 2 aliphatic rings. The molecule has 0 aromatic rings. The van der Waals surface area contributed by atoms with E-state index in [1.54, 1.807) is 7.11 Å². The van der Waals surface area contributed by atoms with E-state index in [0.717, 1.165) is 17.7 Å². The maximum atomic E-state index is 11.4. The quantitative estimate of drug-likeness (QED) is 0.727. The Balaban J connectivity index is 0.000000745. The summed E-state index contributed by atoms with van der Waals surface area (Å²) in [6, 6.07) is 0. The lowest BCUT2D eigenvalue weighted by atomic mass is 9.94. The Hall–Kier alpha value is -2.59. The zero-order valence-corrected chi connectivity index (χ0v) is 13.4. The number of carbonyl (C=O) groups excluding carboxylic acids is 3. The molecule has 0 saturated carbocycles. The second-order valence-electron chi connectivity index (χ2n) is 4.70. The van der Waals surface area contributed by atoms with E-state index in [1.165, 1.54) is 18.2 Å².